The fourth-order valence-electron chi connectivity index (χ4n) is 1.97. The summed E-state index contributed by atoms with van der Waals surface area (Å²) in [6.07, 6.45) is 3.35. The monoisotopic (exact) mass is 282 g/mol. The van der Waals surface area contributed by atoms with E-state index in [0.29, 0.717) is 11.6 Å². The summed E-state index contributed by atoms with van der Waals surface area (Å²) in [5, 5.41) is 6.62. The Hall–Kier alpha value is -2.89. The smallest absolute Gasteiger partial charge is 0.274 e. The third-order valence-corrected chi connectivity index (χ3v) is 3.08. The highest BCUT2D eigenvalue weighted by molar-refractivity contribution is 5.93. The highest BCUT2D eigenvalue weighted by Gasteiger charge is 2.17. The molecule has 0 aliphatic carbocycles. The van der Waals surface area contributed by atoms with E-state index in [2.05, 4.69) is 20.4 Å². The molecular weight excluding hydrogens is 268 g/mol. The third kappa shape index (κ3) is 2.84. The van der Waals surface area contributed by atoms with Crippen LogP contribution in [0.5, 0.6) is 0 Å². The van der Waals surface area contributed by atoms with Crippen molar-refractivity contribution in [2.24, 2.45) is 0 Å². The minimum atomic E-state index is -0.301. The van der Waals surface area contributed by atoms with Crippen LogP contribution in [0.4, 0.5) is 0 Å². The Morgan fingerprint density at radius 2 is 2.14 bits per heavy atom. The van der Waals surface area contributed by atoms with Crippen LogP contribution in [0.2, 0.25) is 0 Å². The number of hydrogen-bond donors (Lipinski definition) is 2. The molecule has 2 N–H and O–H groups in total. The lowest BCUT2D eigenvalue weighted by atomic mass is 10.1. The number of imidazole rings is 1. The number of amides is 1. The van der Waals surface area contributed by atoms with E-state index in [1.54, 1.807) is 18.5 Å². The van der Waals surface area contributed by atoms with Crippen molar-refractivity contribution in [1.82, 2.24) is 20.4 Å². The molecule has 0 fully saturated rings. The van der Waals surface area contributed by atoms with Gasteiger partial charge in [0.15, 0.2) is 11.5 Å². The second kappa shape index (κ2) is 5.62. The molecule has 1 amide bonds. The van der Waals surface area contributed by atoms with Crippen LogP contribution < -0.4 is 5.32 Å². The van der Waals surface area contributed by atoms with Crippen LogP contribution in [-0.2, 0) is 0 Å². The molecule has 0 saturated carbocycles. The van der Waals surface area contributed by atoms with Gasteiger partial charge in [-0.25, -0.2) is 4.98 Å². The van der Waals surface area contributed by atoms with Gasteiger partial charge in [0.05, 0.1) is 6.04 Å². The molecule has 1 aromatic carbocycles. The van der Waals surface area contributed by atoms with Gasteiger partial charge in [0.1, 0.15) is 5.82 Å². The standard InChI is InChI=1S/C15H14N4O2/c1-10(14-16-7-8-17-14)18-15(20)12-9-13(21-19-12)11-5-3-2-4-6-11/h2-10H,1H3,(H,16,17)(H,18,20). The summed E-state index contributed by atoms with van der Waals surface area (Å²) in [6.45, 7) is 1.84. The SMILES string of the molecule is CC(NC(=O)c1cc(-c2ccccc2)on1)c1ncc[nH]1. The largest absolute Gasteiger partial charge is 0.355 e. The molecule has 1 unspecified atom stereocenters. The highest BCUT2D eigenvalue weighted by Crippen LogP contribution is 2.20. The Bertz CT molecular complexity index is 719. The van der Waals surface area contributed by atoms with Gasteiger partial charge in [0.25, 0.3) is 5.91 Å². The Morgan fingerprint density at radius 1 is 1.33 bits per heavy atom. The van der Waals surface area contributed by atoms with Crippen LogP contribution in [0.1, 0.15) is 29.3 Å². The van der Waals surface area contributed by atoms with Gasteiger partial charge < -0.3 is 14.8 Å². The van der Waals surface area contributed by atoms with Crippen LogP contribution in [0.15, 0.2) is 53.3 Å². The molecule has 3 rings (SSSR count). The predicted octanol–water partition coefficient (Wildman–Crippen LogP) is 2.56. The van der Waals surface area contributed by atoms with Gasteiger partial charge in [-0.1, -0.05) is 35.5 Å². The van der Waals surface area contributed by atoms with Crippen LogP contribution in [0, 0.1) is 0 Å². The quantitative estimate of drug-likeness (QED) is 0.770. The Balaban J connectivity index is 1.73. The van der Waals surface area contributed by atoms with Crippen LogP contribution in [0.25, 0.3) is 11.3 Å². The fraction of sp³-hybridized carbons (Fsp3) is 0.133. The van der Waals surface area contributed by atoms with E-state index in [1.807, 2.05) is 37.3 Å². The molecule has 21 heavy (non-hydrogen) atoms. The first-order chi connectivity index (χ1) is 10.2. The van der Waals surface area contributed by atoms with E-state index in [1.165, 1.54) is 0 Å². The molecule has 0 aliphatic rings. The van der Waals surface area contributed by atoms with Crippen LogP contribution >= 0.6 is 0 Å². The predicted molar refractivity (Wildman–Crippen MR) is 76.4 cm³/mol. The number of aromatic nitrogens is 3. The average molecular weight is 282 g/mol. The number of rotatable bonds is 4. The van der Waals surface area contributed by atoms with E-state index in [4.69, 9.17) is 4.52 Å². The molecule has 1 atom stereocenters. The second-order valence-electron chi connectivity index (χ2n) is 4.61. The molecule has 2 heterocycles. The summed E-state index contributed by atoms with van der Waals surface area (Å²) < 4.78 is 5.21. The van der Waals surface area contributed by atoms with Gasteiger partial charge in [-0.2, -0.15) is 0 Å². The van der Waals surface area contributed by atoms with Crippen molar-refractivity contribution in [3.63, 3.8) is 0 Å². The molecule has 6 heteroatoms. The van der Waals surface area contributed by atoms with Gasteiger partial charge in [-0.15, -0.1) is 0 Å². The molecule has 0 saturated heterocycles. The number of aromatic amines is 1. The minimum absolute atomic E-state index is 0.232. The summed E-state index contributed by atoms with van der Waals surface area (Å²) in [6, 6.07) is 10.9. The van der Waals surface area contributed by atoms with Crippen molar-refractivity contribution in [3.8, 4) is 11.3 Å². The molecule has 106 valence electrons. The van der Waals surface area contributed by atoms with E-state index >= 15 is 0 Å². The zero-order valence-corrected chi connectivity index (χ0v) is 11.4. The fourth-order valence-corrected chi connectivity index (χ4v) is 1.97. The zero-order valence-electron chi connectivity index (χ0n) is 11.4. The first-order valence-electron chi connectivity index (χ1n) is 6.56. The number of carbonyl (C=O) groups is 1. The third-order valence-electron chi connectivity index (χ3n) is 3.08. The summed E-state index contributed by atoms with van der Waals surface area (Å²) >= 11 is 0. The maximum absolute atomic E-state index is 12.1. The van der Waals surface area contributed by atoms with E-state index in [-0.39, 0.29) is 17.6 Å². The first-order valence-corrected chi connectivity index (χ1v) is 6.56. The topological polar surface area (TPSA) is 83.8 Å². The first kappa shape index (κ1) is 13.1. The second-order valence-corrected chi connectivity index (χ2v) is 4.61. The Morgan fingerprint density at radius 3 is 2.86 bits per heavy atom. The average Bonchev–Trinajstić information content (AvgIpc) is 3.20. The van der Waals surface area contributed by atoms with E-state index in [9.17, 15) is 4.79 Å². The summed E-state index contributed by atoms with van der Waals surface area (Å²) in [5.74, 6) is 0.950. The normalized spacial score (nSPS) is 12.0. The van der Waals surface area contributed by atoms with Gasteiger partial charge in [-0.05, 0) is 6.92 Å². The lowest BCUT2D eigenvalue weighted by molar-refractivity contribution is 0.0929. The molecule has 0 spiro atoms. The Kier molecular flexibility index (Phi) is 3.51. The summed E-state index contributed by atoms with van der Waals surface area (Å²) in [5.41, 5.74) is 1.12. The summed E-state index contributed by atoms with van der Waals surface area (Å²) in [7, 11) is 0. The minimum Gasteiger partial charge on any atom is -0.355 e. The van der Waals surface area contributed by atoms with Gasteiger partial charge in [0, 0.05) is 24.0 Å². The molecular formula is C15H14N4O2. The molecule has 6 nitrogen and oxygen atoms in total. The molecule has 0 radical (unpaired) electrons. The Labute approximate surface area is 121 Å². The van der Waals surface area contributed by atoms with Crippen molar-refractivity contribution >= 4 is 5.91 Å². The molecule has 0 aliphatic heterocycles. The molecule has 3 aromatic rings. The van der Waals surface area contributed by atoms with Crippen molar-refractivity contribution in [3.05, 3.63) is 60.3 Å². The number of benzene rings is 1. The maximum atomic E-state index is 12.1. The maximum Gasteiger partial charge on any atom is 0.274 e. The highest BCUT2D eigenvalue weighted by atomic mass is 16.5. The zero-order chi connectivity index (χ0) is 14.7. The van der Waals surface area contributed by atoms with Gasteiger partial charge in [-0.3, -0.25) is 4.79 Å². The van der Waals surface area contributed by atoms with Crippen molar-refractivity contribution in [2.45, 2.75) is 13.0 Å². The van der Waals surface area contributed by atoms with Gasteiger partial charge >= 0.3 is 0 Å². The van der Waals surface area contributed by atoms with Gasteiger partial charge in [0.2, 0.25) is 0 Å². The van der Waals surface area contributed by atoms with Crippen molar-refractivity contribution in [2.75, 3.05) is 0 Å². The number of hydrogen-bond acceptors (Lipinski definition) is 4. The number of carbonyl (C=O) groups excluding carboxylic acids is 1. The lowest BCUT2D eigenvalue weighted by Crippen LogP contribution is -2.27. The number of nitrogens with zero attached hydrogens (tertiary/aromatic N) is 2. The van der Waals surface area contributed by atoms with Crippen molar-refractivity contribution < 1.29 is 9.32 Å². The van der Waals surface area contributed by atoms with Crippen molar-refractivity contribution in [1.29, 1.82) is 0 Å². The molecule has 2 aromatic heterocycles. The summed E-state index contributed by atoms with van der Waals surface area (Å²) in [4.78, 5) is 19.2. The lowest BCUT2D eigenvalue weighted by Gasteiger charge is -2.09. The number of H-pyrrole nitrogens is 1. The van der Waals surface area contributed by atoms with Crippen LogP contribution in [-0.4, -0.2) is 21.0 Å². The van der Waals surface area contributed by atoms with E-state index < -0.39 is 0 Å². The van der Waals surface area contributed by atoms with E-state index in [0.717, 1.165) is 5.56 Å². The number of nitrogens with one attached hydrogen (secondary N) is 2. The van der Waals surface area contributed by atoms with Crippen LogP contribution in [0.3, 0.4) is 0 Å². The molecule has 0 bridgehead atoms.